The molecule has 0 aliphatic carbocycles. The van der Waals surface area contributed by atoms with E-state index >= 15 is 0 Å². The molecular weight excluding hydrogens is 396 g/mol. The van der Waals surface area contributed by atoms with Gasteiger partial charge in [0.15, 0.2) is 5.11 Å². The first-order valence-corrected chi connectivity index (χ1v) is 8.81. The predicted molar refractivity (Wildman–Crippen MR) is 106 cm³/mol. The Morgan fingerprint density at radius 1 is 1.19 bits per heavy atom. The second-order valence-corrected chi connectivity index (χ2v) is 6.93. The number of hydrogen-bond acceptors (Lipinski definition) is 2. The van der Waals surface area contributed by atoms with Gasteiger partial charge in [0.25, 0.3) is 5.91 Å². The molecule has 1 aliphatic rings. The van der Waals surface area contributed by atoms with E-state index in [0.29, 0.717) is 32.1 Å². The van der Waals surface area contributed by atoms with Gasteiger partial charge in [-0.1, -0.05) is 35.3 Å². The highest BCUT2D eigenvalue weighted by atomic mass is 35.5. The lowest BCUT2D eigenvalue weighted by Gasteiger charge is -2.30. The van der Waals surface area contributed by atoms with Crippen molar-refractivity contribution < 1.29 is 9.18 Å². The number of nitrogens with one attached hydrogen (secondary N) is 3. The minimum atomic E-state index is -0.521. The van der Waals surface area contributed by atoms with E-state index < -0.39 is 11.9 Å². The first-order valence-electron chi connectivity index (χ1n) is 7.65. The van der Waals surface area contributed by atoms with E-state index in [2.05, 4.69) is 16.0 Å². The van der Waals surface area contributed by atoms with Crippen molar-refractivity contribution in [1.29, 1.82) is 0 Å². The highest BCUT2D eigenvalue weighted by Crippen LogP contribution is 2.32. The van der Waals surface area contributed by atoms with Gasteiger partial charge in [-0.05, 0) is 55.0 Å². The Balaban J connectivity index is 1.97. The van der Waals surface area contributed by atoms with E-state index in [9.17, 15) is 9.18 Å². The van der Waals surface area contributed by atoms with Crippen molar-refractivity contribution in [2.75, 3.05) is 5.32 Å². The zero-order valence-corrected chi connectivity index (χ0v) is 15.9. The van der Waals surface area contributed by atoms with Gasteiger partial charge in [0.05, 0.1) is 21.7 Å². The molecule has 2 aromatic carbocycles. The quantitative estimate of drug-likeness (QED) is 0.650. The number of allylic oxidation sites excluding steroid dienone is 1. The van der Waals surface area contributed by atoms with Crippen molar-refractivity contribution in [3.63, 3.8) is 0 Å². The largest absolute Gasteiger partial charge is 0.351 e. The third-order valence-corrected chi connectivity index (χ3v) is 4.83. The van der Waals surface area contributed by atoms with Crippen LogP contribution in [-0.4, -0.2) is 11.0 Å². The van der Waals surface area contributed by atoms with Crippen molar-refractivity contribution in [2.24, 2.45) is 0 Å². The van der Waals surface area contributed by atoms with Crippen LogP contribution in [0, 0.1) is 5.82 Å². The lowest BCUT2D eigenvalue weighted by molar-refractivity contribution is -0.113. The zero-order chi connectivity index (χ0) is 18.8. The highest BCUT2D eigenvalue weighted by Gasteiger charge is 2.30. The summed E-state index contributed by atoms with van der Waals surface area (Å²) in [6.07, 6.45) is 0. The first-order chi connectivity index (χ1) is 12.3. The molecule has 4 nitrogen and oxygen atoms in total. The maximum absolute atomic E-state index is 13.4. The van der Waals surface area contributed by atoms with Gasteiger partial charge >= 0.3 is 0 Å². The average molecular weight is 410 g/mol. The SMILES string of the molecule is CC1=C(C(=O)Nc2cccc(F)c2)[C@@H](c2ccc(Cl)c(Cl)c2)NC(=S)N1. The Labute approximate surface area is 165 Å². The molecule has 0 saturated carbocycles. The number of carbonyl (C=O) groups excluding carboxylic acids is 1. The van der Waals surface area contributed by atoms with Gasteiger partial charge in [-0.2, -0.15) is 0 Å². The third kappa shape index (κ3) is 3.98. The molecular formula is C18H14Cl2FN3OS. The number of rotatable bonds is 3. The molecule has 134 valence electrons. The fraction of sp³-hybridized carbons (Fsp3) is 0.111. The van der Waals surface area contributed by atoms with Crippen LogP contribution >= 0.6 is 35.4 Å². The van der Waals surface area contributed by atoms with Gasteiger partial charge < -0.3 is 16.0 Å². The monoisotopic (exact) mass is 409 g/mol. The van der Waals surface area contributed by atoms with Crippen molar-refractivity contribution >= 4 is 52.1 Å². The number of halogens is 3. The predicted octanol–water partition coefficient (Wildman–Crippen LogP) is 4.56. The normalized spacial score (nSPS) is 16.8. The molecule has 0 saturated heterocycles. The Bertz CT molecular complexity index is 932. The molecule has 1 amide bonds. The van der Waals surface area contributed by atoms with Crippen LogP contribution in [-0.2, 0) is 4.79 Å². The lowest BCUT2D eigenvalue weighted by atomic mass is 9.95. The molecule has 3 N–H and O–H groups in total. The summed E-state index contributed by atoms with van der Waals surface area (Å²) in [6.45, 7) is 1.75. The molecule has 26 heavy (non-hydrogen) atoms. The van der Waals surface area contributed by atoms with Crippen LogP contribution in [0.2, 0.25) is 10.0 Å². The molecule has 3 rings (SSSR count). The van der Waals surface area contributed by atoms with Crippen LogP contribution in [0.25, 0.3) is 0 Å². The molecule has 1 atom stereocenters. The second kappa shape index (κ2) is 7.61. The maximum Gasteiger partial charge on any atom is 0.255 e. The molecule has 1 heterocycles. The smallest absolute Gasteiger partial charge is 0.255 e. The van der Waals surface area contributed by atoms with Gasteiger partial charge in [0, 0.05) is 11.4 Å². The Morgan fingerprint density at radius 3 is 2.65 bits per heavy atom. The van der Waals surface area contributed by atoms with Crippen LogP contribution in [0.15, 0.2) is 53.7 Å². The lowest BCUT2D eigenvalue weighted by Crippen LogP contribution is -2.45. The molecule has 0 fully saturated rings. The summed E-state index contributed by atoms with van der Waals surface area (Å²) >= 11 is 17.3. The maximum atomic E-state index is 13.4. The summed E-state index contributed by atoms with van der Waals surface area (Å²) in [5, 5.41) is 9.89. The number of amides is 1. The minimum absolute atomic E-state index is 0.358. The van der Waals surface area contributed by atoms with Crippen molar-refractivity contribution in [3.05, 3.63) is 75.2 Å². The van der Waals surface area contributed by atoms with Crippen LogP contribution < -0.4 is 16.0 Å². The van der Waals surface area contributed by atoms with E-state index in [1.807, 2.05) is 0 Å². The molecule has 1 aliphatic heterocycles. The number of thiocarbonyl (C=S) groups is 1. The summed E-state index contributed by atoms with van der Waals surface area (Å²) in [5.74, 6) is -0.817. The fourth-order valence-corrected chi connectivity index (χ4v) is 3.28. The highest BCUT2D eigenvalue weighted by molar-refractivity contribution is 7.80. The summed E-state index contributed by atoms with van der Waals surface area (Å²) in [7, 11) is 0. The van der Waals surface area contributed by atoms with Crippen molar-refractivity contribution in [2.45, 2.75) is 13.0 Å². The second-order valence-electron chi connectivity index (χ2n) is 5.71. The number of anilines is 1. The standard InChI is InChI=1S/C18H14Cl2FN3OS/c1-9-15(17(25)23-12-4-2-3-11(21)8-12)16(24-18(26)22-9)10-5-6-13(19)14(20)7-10/h2-8,16H,1H3,(H,23,25)(H2,22,24,26)/t16-/m1/s1. The van der Waals surface area contributed by atoms with Gasteiger partial charge in [0.2, 0.25) is 0 Å². The Hall–Kier alpha value is -2.15. The summed E-state index contributed by atoms with van der Waals surface area (Å²) in [6, 6.07) is 10.3. The van der Waals surface area contributed by atoms with E-state index in [4.69, 9.17) is 35.4 Å². The molecule has 8 heteroatoms. The van der Waals surface area contributed by atoms with Crippen LogP contribution in [0.1, 0.15) is 18.5 Å². The molecule has 0 aromatic heterocycles. The summed E-state index contributed by atoms with van der Waals surface area (Å²) in [4.78, 5) is 12.9. The van der Waals surface area contributed by atoms with Crippen LogP contribution in [0.3, 0.4) is 0 Å². The van der Waals surface area contributed by atoms with E-state index in [1.54, 1.807) is 31.2 Å². The number of carbonyl (C=O) groups is 1. The van der Waals surface area contributed by atoms with E-state index in [-0.39, 0.29) is 5.91 Å². The zero-order valence-electron chi connectivity index (χ0n) is 13.6. The number of benzene rings is 2. The van der Waals surface area contributed by atoms with Gasteiger partial charge in [-0.3, -0.25) is 4.79 Å². The molecule has 0 spiro atoms. The van der Waals surface area contributed by atoms with E-state index in [0.717, 1.165) is 5.56 Å². The van der Waals surface area contributed by atoms with Gasteiger partial charge in [0.1, 0.15) is 5.82 Å². The Morgan fingerprint density at radius 2 is 1.96 bits per heavy atom. The fourth-order valence-electron chi connectivity index (χ4n) is 2.70. The van der Waals surface area contributed by atoms with Crippen molar-refractivity contribution in [3.8, 4) is 0 Å². The minimum Gasteiger partial charge on any atom is -0.351 e. The summed E-state index contributed by atoms with van der Waals surface area (Å²) < 4.78 is 13.4. The van der Waals surface area contributed by atoms with Crippen LogP contribution in [0.4, 0.5) is 10.1 Å². The third-order valence-electron chi connectivity index (χ3n) is 3.87. The van der Waals surface area contributed by atoms with Gasteiger partial charge in [-0.25, -0.2) is 4.39 Å². The topological polar surface area (TPSA) is 53.2 Å². The molecule has 0 bridgehead atoms. The summed E-state index contributed by atoms with van der Waals surface area (Å²) in [5.41, 5.74) is 2.10. The van der Waals surface area contributed by atoms with Crippen molar-refractivity contribution in [1.82, 2.24) is 10.6 Å². The number of hydrogen-bond donors (Lipinski definition) is 3. The van der Waals surface area contributed by atoms with Crippen LogP contribution in [0.5, 0.6) is 0 Å². The van der Waals surface area contributed by atoms with E-state index in [1.165, 1.54) is 18.2 Å². The first kappa shape index (κ1) is 18.6. The average Bonchev–Trinajstić information content (AvgIpc) is 2.56. The Kier molecular flexibility index (Phi) is 5.46. The van der Waals surface area contributed by atoms with Gasteiger partial charge in [-0.15, -0.1) is 0 Å². The molecule has 0 radical (unpaired) electrons. The molecule has 2 aromatic rings. The molecule has 0 unspecified atom stereocenters.